The molecule has 2 aromatic rings. The Kier molecular flexibility index (Phi) is 7.55. The summed E-state index contributed by atoms with van der Waals surface area (Å²) >= 11 is 12.5. The van der Waals surface area contributed by atoms with Crippen molar-refractivity contribution in [2.75, 3.05) is 18.0 Å². The minimum absolute atomic E-state index is 0.345. The van der Waals surface area contributed by atoms with Crippen LogP contribution in [0.5, 0.6) is 0 Å². The predicted molar refractivity (Wildman–Crippen MR) is 136 cm³/mol. The fourth-order valence-electron chi connectivity index (χ4n) is 3.99. The molecule has 1 aliphatic heterocycles. The largest absolute Gasteiger partial charge is 0.351 e. The number of hydrazone groups is 1. The second-order valence-electron chi connectivity index (χ2n) is 8.05. The highest BCUT2D eigenvalue weighted by molar-refractivity contribution is 6.32. The van der Waals surface area contributed by atoms with E-state index in [0.29, 0.717) is 21.3 Å². The number of rotatable bonds is 6. The third kappa shape index (κ3) is 5.61. The molecule has 9 heteroatoms. The third-order valence-electron chi connectivity index (χ3n) is 5.65. The van der Waals surface area contributed by atoms with Crippen LogP contribution in [0.1, 0.15) is 24.4 Å². The maximum Gasteiger partial charge on any atom is 0.320 e. The Morgan fingerprint density at radius 1 is 1.03 bits per heavy atom. The van der Waals surface area contributed by atoms with Crippen LogP contribution in [0.4, 0.5) is 10.5 Å². The summed E-state index contributed by atoms with van der Waals surface area (Å²) < 4.78 is 0. The molecule has 0 aromatic heterocycles. The number of anilines is 1. The Balaban J connectivity index is 1.60. The zero-order valence-electron chi connectivity index (χ0n) is 18.4. The molecule has 3 N–H and O–H groups in total. The number of amides is 3. The molecule has 0 bridgehead atoms. The van der Waals surface area contributed by atoms with E-state index >= 15 is 0 Å². The number of nitrogens with two attached hydrogens (primary N) is 1. The highest BCUT2D eigenvalue weighted by Gasteiger charge is 2.34. The number of hydrogen-bond acceptors (Lipinski definition) is 4. The standard InChI is InChI=1S/C25H25Cl2N5O2/c26-17-7-13-20(14-8-17)32(25(28)34)23(21-5-1-2-6-22(21)27)24(33)29-18-9-11-19(12-10-18)30-31-15-3-4-16-31/h1-2,5-14,18,23H,3-4,15-16H2,(H2,28,34)(H,29,33). The number of urea groups is 1. The van der Waals surface area contributed by atoms with Gasteiger partial charge in [-0.15, -0.1) is 0 Å². The molecule has 2 aliphatic rings. The number of carbonyl (C=O) groups excluding carboxylic acids is 2. The molecular weight excluding hydrogens is 473 g/mol. The molecule has 176 valence electrons. The van der Waals surface area contributed by atoms with E-state index < -0.39 is 18.0 Å². The van der Waals surface area contributed by atoms with Crippen LogP contribution in [0.3, 0.4) is 0 Å². The lowest BCUT2D eigenvalue weighted by Crippen LogP contribution is -2.48. The van der Waals surface area contributed by atoms with Gasteiger partial charge in [0.2, 0.25) is 5.91 Å². The second kappa shape index (κ2) is 10.8. The molecule has 3 amide bonds. The fraction of sp³-hybridized carbons (Fsp3) is 0.240. The first-order valence-corrected chi connectivity index (χ1v) is 11.8. The van der Waals surface area contributed by atoms with E-state index in [4.69, 9.17) is 28.9 Å². The van der Waals surface area contributed by atoms with Gasteiger partial charge in [-0.05, 0) is 55.3 Å². The first-order valence-electron chi connectivity index (χ1n) is 11.0. The number of primary amides is 1. The smallest absolute Gasteiger partial charge is 0.320 e. The molecule has 1 fully saturated rings. The number of nitrogens with one attached hydrogen (secondary N) is 1. The Labute approximate surface area is 208 Å². The van der Waals surface area contributed by atoms with Gasteiger partial charge in [-0.1, -0.05) is 53.6 Å². The molecule has 0 spiro atoms. The molecule has 2 aromatic carbocycles. The van der Waals surface area contributed by atoms with Crippen molar-refractivity contribution in [3.63, 3.8) is 0 Å². The quantitative estimate of drug-likeness (QED) is 0.606. The lowest BCUT2D eigenvalue weighted by molar-refractivity contribution is -0.122. The first kappa shape index (κ1) is 23.9. The van der Waals surface area contributed by atoms with E-state index in [2.05, 4.69) is 10.4 Å². The van der Waals surface area contributed by atoms with Crippen molar-refractivity contribution in [3.05, 3.63) is 88.4 Å². The summed E-state index contributed by atoms with van der Waals surface area (Å²) in [7, 11) is 0. The van der Waals surface area contributed by atoms with E-state index in [1.54, 1.807) is 48.5 Å². The van der Waals surface area contributed by atoms with Gasteiger partial charge < -0.3 is 11.1 Å². The predicted octanol–water partition coefficient (Wildman–Crippen LogP) is 4.68. The summed E-state index contributed by atoms with van der Waals surface area (Å²) in [5.74, 6) is -0.430. The normalized spacial score (nSPS) is 18.0. The van der Waals surface area contributed by atoms with Crippen LogP contribution in [0.15, 0.2) is 77.9 Å². The van der Waals surface area contributed by atoms with E-state index in [1.165, 1.54) is 4.90 Å². The van der Waals surface area contributed by atoms with Crippen molar-refractivity contribution >= 4 is 46.5 Å². The van der Waals surface area contributed by atoms with Gasteiger partial charge in [0.1, 0.15) is 6.04 Å². The molecule has 1 unspecified atom stereocenters. The van der Waals surface area contributed by atoms with Gasteiger partial charge in [0, 0.05) is 34.4 Å². The van der Waals surface area contributed by atoms with Crippen LogP contribution in [-0.2, 0) is 4.79 Å². The van der Waals surface area contributed by atoms with Crippen LogP contribution in [0.25, 0.3) is 0 Å². The average molecular weight is 498 g/mol. The summed E-state index contributed by atoms with van der Waals surface area (Å²) in [5.41, 5.74) is 7.45. The van der Waals surface area contributed by atoms with E-state index in [0.717, 1.165) is 31.6 Å². The molecule has 0 radical (unpaired) electrons. The topological polar surface area (TPSA) is 91.0 Å². The molecule has 0 saturated carbocycles. The van der Waals surface area contributed by atoms with Crippen molar-refractivity contribution in [3.8, 4) is 0 Å². The molecule has 1 atom stereocenters. The van der Waals surface area contributed by atoms with E-state index in [9.17, 15) is 9.59 Å². The lowest BCUT2D eigenvalue weighted by atomic mass is 10.0. The van der Waals surface area contributed by atoms with Crippen molar-refractivity contribution in [2.24, 2.45) is 10.8 Å². The van der Waals surface area contributed by atoms with Crippen molar-refractivity contribution in [2.45, 2.75) is 24.9 Å². The van der Waals surface area contributed by atoms with Crippen LogP contribution in [0.2, 0.25) is 10.0 Å². The summed E-state index contributed by atoms with van der Waals surface area (Å²) in [6.07, 6.45) is 9.75. The van der Waals surface area contributed by atoms with Crippen LogP contribution < -0.4 is 16.0 Å². The average Bonchev–Trinajstić information content (AvgIpc) is 3.33. The number of nitrogens with zero attached hydrogens (tertiary/aromatic N) is 3. The maximum absolute atomic E-state index is 13.6. The number of hydrogen-bond donors (Lipinski definition) is 2. The number of halogens is 2. The highest BCUT2D eigenvalue weighted by atomic mass is 35.5. The molecule has 4 rings (SSSR count). The Hall–Kier alpha value is -3.29. The molecule has 1 aliphatic carbocycles. The van der Waals surface area contributed by atoms with Gasteiger partial charge in [-0.2, -0.15) is 5.10 Å². The van der Waals surface area contributed by atoms with Gasteiger partial charge in [-0.3, -0.25) is 14.7 Å². The minimum Gasteiger partial charge on any atom is -0.351 e. The summed E-state index contributed by atoms with van der Waals surface area (Å²) in [6, 6.07) is 11.1. The third-order valence-corrected chi connectivity index (χ3v) is 6.24. The Morgan fingerprint density at radius 2 is 1.68 bits per heavy atom. The zero-order valence-corrected chi connectivity index (χ0v) is 19.9. The van der Waals surface area contributed by atoms with Crippen molar-refractivity contribution in [1.82, 2.24) is 10.3 Å². The van der Waals surface area contributed by atoms with Crippen LogP contribution >= 0.6 is 23.2 Å². The van der Waals surface area contributed by atoms with Gasteiger partial charge in [0.15, 0.2) is 0 Å². The van der Waals surface area contributed by atoms with Crippen molar-refractivity contribution < 1.29 is 9.59 Å². The zero-order chi connectivity index (χ0) is 24.1. The minimum atomic E-state index is -1.09. The second-order valence-corrected chi connectivity index (χ2v) is 8.89. The van der Waals surface area contributed by atoms with E-state index in [-0.39, 0.29) is 6.04 Å². The summed E-state index contributed by atoms with van der Waals surface area (Å²) in [4.78, 5) is 27.3. The molecule has 7 nitrogen and oxygen atoms in total. The monoisotopic (exact) mass is 497 g/mol. The van der Waals surface area contributed by atoms with Crippen molar-refractivity contribution in [1.29, 1.82) is 0 Å². The molecule has 34 heavy (non-hydrogen) atoms. The summed E-state index contributed by atoms with van der Waals surface area (Å²) in [5, 5.41) is 10.5. The fourth-order valence-corrected chi connectivity index (χ4v) is 4.36. The van der Waals surface area contributed by atoms with Gasteiger partial charge >= 0.3 is 6.03 Å². The first-order chi connectivity index (χ1) is 16.4. The number of allylic oxidation sites excluding steroid dienone is 2. The van der Waals surface area contributed by atoms with E-state index in [1.807, 2.05) is 29.3 Å². The summed E-state index contributed by atoms with van der Waals surface area (Å²) in [6.45, 7) is 1.91. The Morgan fingerprint density at radius 3 is 2.29 bits per heavy atom. The van der Waals surface area contributed by atoms with Crippen LogP contribution in [-0.4, -0.2) is 41.8 Å². The molecule has 1 saturated heterocycles. The van der Waals surface area contributed by atoms with Gasteiger partial charge in [0.25, 0.3) is 0 Å². The molecular formula is C25H25Cl2N5O2. The maximum atomic E-state index is 13.6. The lowest BCUT2D eigenvalue weighted by Gasteiger charge is -2.31. The molecule has 1 heterocycles. The number of carbonyl (C=O) groups is 2. The highest BCUT2D eigenvalue weighted by Crippen LogP contribution is 2.32. The van der Waals surface area contributed by atoms with Gasteiger partial charge in [-0.25, -0.2) is 4.79 Å². The number of benzene rings is 2. The van der Waals surface area contributed by atoms with Crippen LogP contribution in [0, 0.1) is 0 Å². The van der Waals surface area contributed by atoms with Gasteiger partial charge in [0.05, 0.1) is 11.8 Å². The SMILES string of the molecule is NC(=O)N(c1ccc(Cl)cc1)C(C(=O)NC1C=CC(=NN2CCCC2)C=C1)c1ccccc1Cl. The Bertz CT molecular complexity index is 1120.